The zero-order valence-electron chi connectivity index (χ0n) is 25.4. The van der Waals surface area contributed by atoms with Gasteiger partial charge in [-0.05, 0) is 80.6 Å². The minimum absolute atomic E-state index is 0.0969. The maximum atomic E-state index is 13.8. The first-order chi connectivity index (χ1) is 22.2. The number of primary amides is 1. The van der Waals surface area contributed by atoms with Gasteiger partial charge in [-0.2, -0.15) is 0 Å². The summed E-state index contributed by atoms with van der Waals surface area (Å²) < 4.78 is 48.2. The van der Waals surface area contributed by atoms with E-state index in [9.17, 15) is 23.5 Å². The van der Waals surface area contributed by atoms with E-state index in [4.69, 9.17) is 31.8 Å². The Balaban J connectivity index is 1.28. The van der Waals surface area contributed by atoms with E-state index in [2.05, 4.69) is 19.8 Å². The lowest BCUT2D eigenvalue weighted by molar-refractivity contribution is -0.286. The Hall–Kier alpha value is -4.75. The number of nitrogens with one attached hydrogen (secondary N) is 1. The minimum Gasteiger partial charge on any atom is -0.494 e. The Morgan fingerprint density at radius 3 is 2.60 bits per heavy atom. The van der Waals surface area contributed by atoms with Gasteiger partial charge in [0.15, 0.2) is 11.5 Å². The van der Waals surface area contributed by atoms with Crippen LogP contribution in [-0.4, -0.2) is 53.4 Å². The second-order valence-corrected chi connectivity index (χ2v) is 12.6. The van der Waals surface area contributed by atoms with Crippen LogP contribution in [0.25, 0.3) is 22.2 Å². The van der Waals surface area contributed by atoms with Crippen LogP contribution < -0.4 is 30.0 Å². The summed E-state index contributed by atoms with van der Waals surface area (Å²) in [6.07, 6.45) is -2.53. The molecule has 0 saturated heterocycles. The van der Waals surface area contributed by atoms with E-state index < -0.39 is 29.1 Å². The average molecular weight is 667 g/mol. The molecule has 0 unspecified atom stereocenters. The third-order valence-corrected chi connectivity index (χ3v) is 9.38. The second kappa shape index (κ2) is 10.6. The van der Waals surface area contributed by atoms with E-state index in [-0.39, 0.29) is 53.3 Å². The predicted molar refractivity (Wildman–Crippen MR) is 165 cm³/mol. The van der Waals surface area contributed by atoms with Gasteiger partial charge in [0.05, 0.1) is 19.3 Å². The van der Waals surface area contributed by atoms with Crippen molar-refractivity contribution in [1.29, 1.82) is 0 Å². The van der Waals surface area contributed by atoms with Crippen LogP contribution in [-0.2, 0) is 15.8 Å². The zero-order valence-corrected chi connectivity index (χ0v) is 26.2. The molecule has 2 atom stereocenters. The monoisotopic (exact) mass is 666 g/mol. The number of aliphatic hydroxyl groups is 1. The van der Waals surface area contributed by atoms with Gasteiger partial charge in [0, 0.05) is 22.1 Å². The van der Waals surface area contributed by atoms with Gasteiger partial charge in [-0.1, -0.05) is 11.6 Å². The van der Waals surface area contributed by atoms with Crippen molar-refractivity contribution in [2.24, 2.45) is 11.7 Å². The fraction of sp³-hybridized carbons (Fsp3) is 0.333. The van der Waals surface area contributed by atoms with Crippen molar-refractivity contribution in [1.82, 2.24) is 15.3 Å². The largest absolute Gasteiger partial charge is 0.586 e. The van der Waals surface area contributed by atoms with Crippen molar-refractivity contribution >= 4 is 34.3 Å². The molecule has 4 aromatic rings. The van der Waals surface area contributed by atoms with Crippen LogP contribution in [0.15, 0.2) is 42.5 Å². The standard InChI is InChI=1S/C33H29ClF2N4O7/c1-15-8-17-9-18(11-23(44-3)25(17)40-28(15)34)29(41)38-13-32(43,19-5-6-19)24-12-20-27(45-14-31(20,2)30(37)42)26(39-24)16-4-7-21-22(10-16)47-33(35,36)46-21/h4,7-12,19,43H,5-6,13-14H2,1-3H3,(H2,37,42)(H,38,41)/t31-,32+/m0/s1. The number of nitrogens with zero attached hydrogens (tertiary/aromatic N) is 2. The van der Waals surface area contributed by atoms with Crippen molar-refractivity contribution in [2.75, 3.05) is 20.3 Å². The molecule has 2 aromatic heterocycles. The summed E-state index contributed by atoms with van der Waals surface area (Å²) in [4.78, 5) is 35.4. The number of benzene rings is 2. The Kier molecular flexibility index (Phi) is 6.99. The number of amides is 2. The van der Waals surface area contributed by atoms with Crippen LogP contribution in [0.4, 0.5) is 8.78 Å². The number of hydrogen-bond acceptors (Lipinski definition) is 9. The van der Waals surface area contributed by atoms with Gasteiger partial charge < -0.3 is 35.1 Å². The average Bonchev–Trinajstić information content (AvgIpc) is 3.77. The maximum Gasteiger partial charge on any atom is 0.586 e. The second-order valence-electron chi connectivity index (χ2n) is 12.3. The number of pyridine rings is 2. The third kappa shape index (κ3) is 5.13. The van der Waals surface area contributed by atoms with Crippen LogP contribution in [0.1, 0.15) is 46.9 Å². The number of halogens is 3. The lowest BCUT2D eigenvalue weighted by atomic mass is 9.81. The minimum atomic E-state index is -3.83. The van der Waals surface area contributed by atoms with E-state index in [1.165, 1.54) is 31.4 Å². The summed E-state index contributed by atoms with van der Waals surface area (Å²) >= 11 is 6.21. The molecule has 0 radical (unpaired) electrons. The van der Waals surface area contributed by atoms with Crippen molar-refractivity contribution in [3.05, 3.63) is 70.0 Å². The van der Waals surface area contributed by atoms with Gasteiger partial charge in [0.25, 0.3) is 5.91 Å². The van der Waals surface area contributed by atoms with Crippen molar-refractivity contribution in [3.8, 4) is 34.3 Å². The topological polar surface area (TPSA) is 155 Å². The number of carbonyl (C=O) groups is 2. The number of rotatable bonds is 8. The molecule has 1 aliphatic carbocycles. The van der Waals surface area contributed by atoms with E-state index >= 15 is 0 Å². The number of ether oxygens (including phenoxy) is 4. The molecule has 3 aliphatic rings. The third-order valence-electron chi connectivity index (χ3n) is 9.00. The Morgan fingerprint density at radius 1 is 1.15 bits per heavy atom. The number of aryl methyl sites for hydroxylation is 1. The molecule has 14 heteroatoms. The Bertz CT molecular complexity index is 2010. The number of methoxy groups -OCH3 is 1. The molecule has 4 heterocycles. The number of nitrogens with two attached hydrogens (primary N) is 1. The molecular formula is C33H29ClF2N4O7. The van der Waals surface area contributed by atoms with Gasteiger partial charge in [-0.15, -0.1) is 8.78 Å². The molecule has 1 saturated carbocycles. The molecule has 1 fully saturated rings. The van der Waals surface area contributed by atoms with Gasteiger partial charge in [-0.3, -0.25) is 9.59 Å². The highest BCUT2D eigenvalue weighted by Gasteiger charge is 2.50. The molecule has 2 aliphatic heterocycles. The maximum absolute atomic E-state index is 13.8. The molecule has 47 heavy (non-hydrogen) atoms. The number of hydrogen-bond donors (Lipinski definition) is 3. The number of aromatic nitrogens is 2. The van der Waals surface area contributed by atoms with Crippen LogP contribution in [0.2, 0.25) is 5.15 Å². The molecule has 7 rings (SSSR count). The lowest BCUT2D eigenvalue weighted by Crippen LogP contribution is -2.44. The summed E-state index contributed by atoms with van der Waals surface area (Å²) in [7, 11) is 1.46. The molecular weight excluding hydrogens is 638 g/mol. The first-order valence-electron chi connectivity index (χ1n) is 14.8. The van der Waals surface area contributed by atoms with Gasteiger partial charge in [0.2, 0.25) is 5.91 Å². The van der Waals surface area contributed by atoms with E-state index in [0.717, 1.165) is 5.56 Å². The molecule has 4 N–H and O–H groups in total. The van der Waals surface area contributed by atoms with Crippen LogP contribution in [0.5, 0.6) is 23.0 Å². The van der Waals surface area contributed by atoms with Crippen molar-refractivity contribution in [2.45, 2.75) is 44.0 Å². The zero-order chi connectivity index (χ0) is 33.5. The van der Waals surface area contributed by atoms with Gasteiger partial charge >= 0.3 is 6.29 Å². The first-order valence-corrected chi connectivity index (χ1v) is 15.1. The highest BCUT2D eigenvalue weighted by atomic mass is 35.5. The summed E-state index contributed by atoms with van der Waals surface area (Å²) in [6, 6.07) is 10.7. The summed E-state index contributed by atoms with van der Waals surface area (Å²) in [5, 5.41) is 16.1. The lowest BCUT2D eigenvalue weighted by Gasteiger charge is -2.30. The predicted octanol–water partition coefficient (Wildman–Crippen LogP) is 4.75. The first kappa shape index (κ1) is 30.9. The molecule has 244 valence electrons. The SMILES string of the molecule is COc1cc(C(=O)NC[C@](O)(c2cc3c(c(-c4ccc5c(c4)OC(F)(F)O5)n2)OC[C@]3(C)C(N)=O)C2CC2)cc2cc(C)c(Cl)nc12. The van der Waals surface area contributed by atoms with E-state index in [0.29, 0.717) is 45.8 Å². The van der Waals surface area contributed by atoms with E-state index in [1.54, 1.807) is 32.0 Å². The molecule has 2 amide bonds. The van der Waals surface area contributed by atoms with Crippen LogP contribution in [0, 0.1) is 12.8 Å². The van der Waals surface area contributed by atoms with Crippen LogP contribution in [0.3, 0.4) is 0 Å². The van der Waals surface area contributed by atoms with Crippen molar-refractivity contribution in [3.63, 3.8) is 0 Å². The normalized spacial score (nSPS) is 20.3. The Labute approximate surface area is 271 Å². The number of fused-ring (bicyclic) bond motifs is 3. The van der Waals surface area contributed by atoms with Crippen molar-refractivity contribution < 1.29 is 42.4 Å². The fourth-order valence-corrected chi connectivity index (χ4v) is 6.19. The molecule has 0 bridgehead atoms. The highest BCUT2D eigenvalue weighted by molar-refractivity contribution is 6.30. The summed E-state index contributed by atoms with van der Waals surface area (Å²) in [5.74, 6) is -1.24. The fourth-order valence-electron chi connectivity index (χ4n) is 6.05. The number of carbonyl (C=O) groups excluding carboxylic acids is 2. The molecule has 2 aromatic carbocycles. The van der Waals surface area contributed by atoms with Gasteiger partial charge in [0.1, 0.15) is 45.5 Å². The van der Waals surface area contributed by atoms with Crippen LogP contribution >= 0.6 is 11.6 Å². The van der Waals surface area contributed by atoms with E-state index in [1.807, 2.05) is 0 Å². The smallest absolute Gasteiger partial charge is 0.494 e. The summed E-state index contributed by atoms with van der Waals surface area (Å²) in [6.45, 7) is 3.08. The summed E-state index contributed by atoms with van der Waals surface area (Å²) in [5.41, 5.74) is 5.35. The quantitative estimate of drug-likeness (QED) is 0.226. The number of alkyl halides is 2. The van der Waals surface area contributed by atoms with Gasteiger partial charge in [-0.25, -0.2) is 9.97 Å². The molecule has 11 nitrogen and oxygen atoms in total. The Morgan fingerprint density at radius 2 is 1.89 bits per heavy atom. The molecule has 0 spiro atoms. The highest BCUT2D eigenvalue weighted by Crippen LogP contribution is 2.51.